The number of carbonyl (C=O) groups excluding carboxylic acids is 1. The number of para-hydroxylation sites is 1. The second-order valence-corrected chi connectivity index (χ2v) is 4.23. The Morgan fingerprint density at radius 2 is 2.05 bits per heavy atom. The highest BCUT2D eigenvalue weighted by Gasteiger charge is 2.11. The van der Waals surface area contributed by atoms with Gasteiger partial charge in [-0.2, -0.15) is 0 Å². The topological polar surface area (TPSA) is 50.8 Å². The molecule has 0 aliphatic carbocycles. The van der Waals surface area contributed by atoms with Gasteiger partial charge in [0.2, 0.25) is 5.91 Å². The van der Waals surface area contributed by atoms with Gasteiger partial charge in [0.25, 0.3) is 0 Å². The van der Waals surface area contributed by atoms with Gasteiger partial charge in [-0.25, -0.2) is 0 Å². The van der Waals surface area contributed by atoms with Crippen molar-refractivity contribution in [2.45, 2.75) is 6.54 Å². The van der Waals surface area contributed by atoms with Gasteiger partial charge in [0.15, 0.2) is 0 Å². The first-order chi connectivity index (χ1) is 9.19. The largest absolute Gasteiger partial charge is 0.496 e. The van der Waals surface area contributed by atoms with Crippen LogP contribution in [0.4, 0.5) is 0 Å². The molecule has 0 aliphatic rings. The fraction of sp³-hybridized carbons (Fsp3) is 0.500. The molecule has 0 unspecified atom stereocenters. The molecule has 1 N–H and O–H groups in total. The van der Waals surface area contributed by atoms with Gasteiger partial charge in [0.1, 0.15) is 5.75 Å². The number of benzene rings is 1. The van der Waals surface area contributed by atoms with Gasteiger partial charge in [-0.1, -0.05) is 18.2 Å². The van der Waals surface area contributed by atoms with Crippen LogP contribution in [0.1, 0.15) is 5.56 Å². The lowest BCUT2D eigenvalue weighted by atomic mass is 10.2. The van der Waals surface area contributed by atoms with E-state index in [1.54, 1.807) is 26.2 Å². The number of nitrogens with zero attached hydrogens (tertiary/aromatic N) is 1. The molecule has 1 rings (SSSR count). The molecule has 5 heteroatoms. The van der Waals surface area contributed by atoms with E-state index in [1.165, 1.54) is 0 Å². The van der Waals surface area contributed by atoms with Gasteiger partial charge in [-0.05, 0) is 6.07 Å². The number of carbonyl (C=O) groups is 1. The fourth-order valence-electron chi connectivity index (χ4n) is 1.68. The predicted molar refractivity (Wildman–Crippen MR) is 74.2 cm³/mol. The first kappa shape index (κ1) is 15.5. The zero-order valence-electron chi connectivity index (χ0n) is 11.8. The molecule has 0 aliphatic heterocycles. The molecule has 0 aromatic heterocycles. The SMILES string of the molecule is COCCNCC(=O)N(C)Cc1ccccc1OC. The first-order valence-electron chi connectivity index (χ1n) is 6.24. The summed E-state index contributed by atoms with van der Waals surface area (Å²) in [6, 6.07) is 7.70. The third kappa shape index (κ3) is 5.28. The van der Waals surface area contributed by atoms with Crippen LogP contribution in [0.15, 0.2) is 24.3 Å². The molecule has 0 saturated carbocycles. The molecule has 0 atom stereocenters. The maximum Gasteiger partial charge on any atom is 0.236 e. The van der Waals surface area contributed by atoms with Crippen LogP contribution in [0.25, 0.3) is 0 Å². The minimum atomic E-state index is 0.0435. The highest BCUT2D eigenvalue weighted by molar-refractivity contribution is 5.78. The average molecular weight is 266 g/mol. The van der Waals surface area contributed by atoms with Crippen LogP contribution in [-0.4, -0.2) is 51.8 Å². The summed E-state index contributed by atoms with van der Waals surface area (Å²) in [5.41, 5.74) is 0.998. The van der Waals surface area contributed by atoms with Crippen molar-refractivity contribution in [1.82, 2.24) is 10.2 Å². The zero-order valence-corrected chi connectivity index (χ0v) is 11.8. The molecule has 0 saturated heterocycles. The molecule has 1 amide bonds. The van der Waals surface area contributed by atoms with E-state index in [2.05, 4.69) is 5.32 Å². The average Bonchev–Trinajstić information content (AvgIpc) is 2.44. The number of ether oxygens (including phenoxy) is 2. The van der Waals surface area contributed by atoms with Crippen molar-refractivity contribution in [3.63, 3.8) is 0 Å². The highest BCUT2D eigenvalue weighted by atomic mass is 16.5. The Labute approximate surface area is 114 Å². The van der Waals surface area contributed by atoms with E-state index in [4.69, 9.17) is 9.47 Å². The maximum absolute atomic E-state index is 11.9. The van der Waals surface area contributed by atoms with E-state index in [0.29, 0.717) is 26.2 Å². The quantitative estimate of drug-likeness (QED) is 0.710. The third-order valence-corrected chi connectivity index (χ3v) is 2.78. The van der Waals surface area contributed by atoms with E-state index >= 15 is 0 Å². The molecule has 1 aromatic rings. The molecule has 0 spiro atoms. The van der Waals surface area contributed by atoms with Crippen LogP contribution in [0.3, 0.4) is 0 Å². The van der Waals surface area contributed by atoms with Crippen LogP contribution in [0.5, 0.6) is 5.75 Å². The number of amides is 1. The van der Waals surface area contributed by atoms with Crippen molar-refractivity contribution in [1.29, 1.82) is 0 Å². The van der Waals surface area contributed by atoms with Crippen molar-refractivity contribution in [2.24, 2.45) is 0 Å². The monoisotopic (exact) mass is 266 g/mol. The third-order valence-electron chi connectivity index (χ3n) is 2.78. The Morgan fingerprint density at radius 3 is 2.74 bits per heavy atom. The summed E-state index contributed by atoms with van der Waals surface area (Å²) in [5, 5.41) is 3.03. The lowest BCUT2D eigenvalue weighted by molar-refractivity contribution is -0.129. The lowest BCUT2D eigenvalue weighted by Gasteiger charge is -2.19. The van der Waals surface area contributed by atoms with Gasteiger partial charge in [0, 0.05) is 32.8 Å². The molecule has 5 nitrogen and oxygen atoms in total. The van der Waals surface area contributed by atoms with Crippen molar-refractivity contribution in [2.75, 3.05) is 41.0 Å². The summed E-state index contributed by atoms with van der Waals surface area (Å²) in [6.07, 6.45) is 0. The molecular formula is C14H22N2O3. The normalized spacial score (nSPS) is 10.3. The summed E-state index contributed by atoms with van der Waals surface area (Å²) >= 11 is 0. The summed E-state index contributed by atoms with van der Waals surface area (Å²) in [7, 11) is 5.05. The Balaban J connectivity index is 2.45. The van der Waals surface area contributed by atoms with Crippen LogP contribution in [0, 0.1) is 0 Å². The molecule has 0 fully saturated rings. The number of nitrogens with one attached hydrogen (secondary N) is 1. The molecule has 0 heterocycles. The van der Waals surface area contributed by atoms with Gasteiger partial charge in [-0.15, -0.1) is 0 Å². The number of hydrogen-bond acceptors (Lipinski definition) is 4. The second-order valence-electron chi connectivity index (χ2n) is 4.23. The van der Waals surface area contributed by atoms with Crippen molar-refractivity contribution < 1.29 is 14.3 Å². The van der Waals surface area contributed by atoms with E-state index in [9.17, 15) is 4.79 Å². The summed E-state index contributed by atoms with van der Waals surface area (Å²) in [5.74, 6) is 0.844. The maximum atomic E-state index is 11.9. The summed E-state index contributed by atoms with van der Waals surface area (Å²) in [6.45, 7) is 2.12. The van der Waals surface area contributed by atoms with Crippen molar-refractivity contribution in [3.8, 4) is 5.75 Å². The Morgan fingerprint density at radius 1 is 1.32 bits per heavy atom. The van der Waals surface area contributed by atoms with E-state index in [-0.39, 0.29) is 5.91 Å². The number of methoxy groups -OCH3 is 2. The number of likely N-dealkylation sites (N-methyl/N-ethyl adjacent to an activating group) is 1. The van der Waals surface area contributed by atoms with Crippen LogP contribution in [0.2, 0.25) is 0 Å². The Kier molecular flexibility index (Phi) is 6.92. The molecule has 0 bridgehead atoms. The van der Waals surface area contributed by atoms with Gasteiger partial charge < -0.3 is 19.7 Å². The van der Waals surface area contributed by atoms with Crippen molar-refractivity contribution in [3.05, 3.63) is 29.8 Å². The summed E-state index contributed by atoms with van der Waals surface area (Å²) < 4.78 is 10.2. The minimum absolute atomic E-state index is 0.0435. The van der Waals surface area contributed by atoms with Crippen LogP contribution >= 0.6 is 0 Å². The highest BCUT2D eigenvalue weighted by Crippen LogP contribution is 2.18. The molecule has 106 valence electrons. The lowest BCUT2D eigenvalue weighted by Crippen LogP contribution is -2.36. The molecular weight excluding hydrogens is 244 g/mol. The first-order valence-corrected chi connectivity index (χ1v) is 6.24. The standard InChI is InChI=1S/C14H22N2O3/c1-16(14(17)10-15-8-9-18-2)11-12-6-4-5-7-13(12)19-3/h4-7,15H,8-11H2,1-3H3. The van der Waals surface area contributed by atoms with Gasteiger partial charge >= 0.3 is 0 Å². The minimum Gasteiger partial charge on any atom is -0.496 e. The smallest absolute Gasteiger partial charge is 0.236 e. The van der Waals surface area contributed by atoms with Crippen LogP contribution < -0.4 is 10.1 Å². The van der Waals surface area contributed by atoms with Crippen LogP contribution in [-0.2, 0) is 16.1 Å². The van der Waals surface area contributed by atoms with E-state index in [1.807, 2.05) is 24.3 Å². The molecule has 19 heavy (non-hydrogen) atoms. The van der Waals surface area contributed by atoms with E-state index in [0.717, 1.165) is 11.3 Å². The van der Waals surface area contributed by atoms with E-state index < -0.39 is 0 Å². The van der Waals surface area contributed by atoms with Gasteiger partial charge in [0.05, 0.1) is 20.3 Å². The molecule has 1 aromatic carbocycles. The second kappa shape index (κ2) is 8.50. The Hall–Kier alpha value is -1.59. The predicted octanol–water partition coefficient (Wildman–Crippen LogP) is 0.890. The van der Waals surface area contributed by atoms with Crippen molar-refractivity contribution >= 4 is 5.91 Å². The van der Waals surface area contributed by atoms with Gasteiger partial charge in [-0.3, -0.25) is 4.79 Å². The zero-order chi connectivity index (χ0) is 14.1. The molecule has 0 radical (unpaired) electrons. The number of rotatable bonds is 8. The Bertz CT molecular complexity index is 396. The summed E-state index contributed by atoms with van der Waals surface area (Å²) in [4.78, 5) is 13.6. The number of hydrogen-bond donors (Lipinski definition) is 1. The fourth-order valence-corrected chi connectivity index (χ4v) is 1.68.